The monoisotopic (exact) mass is 320 g/mol. The van der Waals surface area contributed by atoms with Crippen LogP contribution in [0.3, 0.4) is 0 Å². The quantitative estimate of drug-likeness (QED) is 0.390. The van der Waals surface area contributed by atoms with Crippen LogP contribution >= 0.6 is 11.8 Å². The molecule has 2 nitrogen and oxygen atoms in total. The molecule has 0 aliphatic rings. The average Bonchev–Trinajstić information content (AvgIpc) is 2.46. The van der Waals surface area contributed by atoms with Crippen molar-refractivity contribution in [2.24, 2.45) is 0 Å². The topological polar surface area (TPSA) is 24.9 Å². The van der Waals surface area contributed by atoms with Gasteiger partial charge in [-0.25, -0.2) is 4.39 Å². The fourth-order valence-corrected chi connectivity index (χ4v) is 2.35. The highest BCUT2D eigenvalue weighted by Crippen LogP contribution is 2.23. The maximum absolute atomic E-state index is 13.3. The maximum Gasteiger partial charge on any atom is 0.253 e. The third-order valence-electron chi connectivity index (χ3n) is 2.50. The van der Waals surface area contributed by atoms with E-state index < -0.39 is 35.0 Å². The average molecular weight is 320 g/mol. The van der Waals surface area contributed by atoms with Crippen LogP contribution in [0.5, 0.6) is 0 Å². The normalized spacial score (nSPS) is 10.7. The molecule has 2 aromatic rings. The Morgan fingerprint density at radius 2 is 1.57 bits per heavy atom. The van der Waals surface area contributed by atoms with E-state index in [-0.39, 0.29) is 12.3 Å². The summed E-state index contributed by atoms with van der Waals surface area (Å²) < 4.78 is 65.6. The van der Waals surface area contributed by atoms with Gasteiger partial charge in [0.1, 0.15) is 11.5 Å². The van der Waals surface area contributed by atoms with Gasteiger partial charge in [-0.3, -0.25) is 0 Å². The lowest BCUT2D eigenvalue weighted by Crippen LogP contribution is -2.11. The van der Waals surface area contributed by atoms with Gasteiger partial charge in [0.05, 0.1) is 0 Å². The van der Waals surface area contributed by atoms with E-state index in [4.69, 9.17) is 0 Å². The van der Waals surface area contributed by atoms with Crippen LogP contribution in [-0.4, -0.2) is 17.3 Å². The molecule has 1 aromatic carbocycles. The van der Waals surface area contributed by atoms with Crippen molar-refractivity contribution >= 4 is 17.4 Å². The van der Waals surface area contributed by atoms with Gasteiger partial charge in [0.15, 0.2) is 0 Å². The first-order valence-corrected chi connectivity index (χ1v) is 6.80. The lowest BCUT2D eigenvalue weighted by Gasteiger charge is -2.09. The minimum absolute atomic E-state index is 0.0181. The highest BCUT2D eigenvalue weighted by atomic mass is 32.2. The van der Waals surface area contributed by atoms with Crippen LogP contribution in [0.15, 0.2) is 29.2 Å². The summed E-state index contributed by atoms with van der Waals surface area (Å²) in [6.07, 6.45) is 0. The SMILES string of the molecule is Fc1ccccc1SCCNc1c(F)c(F)nc(F)c1F. The molecule has 1 N–H and O–H groups in total. The number of thioether (sulfide) groups is 1. The lowest BCUT2D eigenvalue weighted by atomic mass is 10.3. The van der Waals surface area contributed by atoms with Crippen LogP contribution in [0.25, 0.3) is 0 Å². The zero-order chi connectivity index (χ0) is 15.4. The molecule has 1 aromatic heterocycles. The van der Waals surface area contributed by atoms with Gasteiger partial charge in [0, 0.05) is 17.2 Å². The van der Waals surface area contributed by atoms with E-state index in [2.05, 4.69) is 10.3 Å². The fraction of sp³-hybridized carbons (Fsp3) is 0.154. The predicted octanol–water partition coefficient (Wildman–Crippen LogP) is 3.98. The Morgan fingerprint density at radius 1 is 0.952 bits per heavy atom. The van der Waals surface area contributed by atoms with Crippen LogP contribution in [-0.2, 0) is 0 Å². The van der Waals surface area contributed by atoms with Crippen molar-refractivity contribution in [3.63, 3.8) is 0 Å². The standard InChI is InChI=1S/C13H9F5N2S/c14-7-3-1-2-4-8(7)21-6-5-19-11-9(15)12(17)20-13(18)10(11)16/h1-4H,5-6H2,(H,19,20). The zero-order valence-corrected chi connectivity index (χ0v) is 11.3. The highest BCUT2D eigenvalue weighted by molar-refractivity contribution is 7.99. The molecule has 0 spiro atoms. The number of hydrogen-bond donors (Lipinski definition) is 1. The second-order valence-corrected chi connectivity index (χ2v) is 5.04. The predicted molar refractivity (Wildman–Crippen MR) is 69.7 cm³/mol. The summed E-state index contributed by atoms with van der Waals surface area (Å²) in [4.78, 5) is 2.81. The molecule has 0 bridgehead atoms. The second kappa shape index (κ2) is 6.75. The Kier molecular flexibility index (Phi) is 5.00. The summed E-state index contributed by atoms with van der Waals surface area (Å²) >= 11 is 1.10. The molecule has 21 heavy (non-hydrogen) atoms. The fourth-order valence-electron chi connectivity index (χ4n) is 1.54. The number of pyridine rings is 1. The van der Waals surface area contributed by atoms with Gasteiger partial charge in [-0.1, -0.05) is 12.1 Å². The summed E-state index contributed by atoms with van der Waals surface area (Å²) in [6.45, 7) is -0.0181. The van der Waals surface area contributed by atoms with Crippen molar-refractivity contribution in [1.82, 2.24) is 4.98 Å². The summed E-state index contributed by atoms with van der Waals surface area (Å²) in [5, 5.41) is 2.24. The van der Waals surface area contributed by atoms with Crippen LogP contribution in [0.4, 0.5) is 27.6 Å². The second-order valence-electron chi connectivity index (χ2n) is 3.90. The minimum atomic E-state index is -1.72. The lowest BCUT2D eigenvalue weighted by molar-refractivity contribution is 0.411. The van der Waals surface area contributed by atoms with Gasteiger partial charge >= 0.3 is 0 Å². The van der Waals surface area contributed by atoms with Gasteiger partial charge in [-0.05, 0) is 12.1 Å². The van der Waals surface area contributed by atoms with Crippen molar-refractivity contribution < 1.29 is 22.0 Å². The summed E-state index contributed by atoms with van der Waals surface area (Å²) in [5.74, 6) is -6.81. The Morgan fingerprint density at radius 3 is 2.19 bits per heavy atom. The molecule has 0 saturated carbocycles. The molecule has 0 aliphatic carbocycles. The molecule has 0 radical (unpaired) electrons. The Hall–Kier alpha value is -1.83. The summed E-state index contributed by atoms with van der Waals surface area (Å²) in [5.41, 5.74) is -0.922. The molecule has 8 heteroatoms. The number of nitrogens with one attached hydrogen (secondary N) is 1. The van der Waals surface area contributed by atoms with E-state index in [9.17, 15) is 22.0 Å². The van der Waals surface area contributed by atoms with E-state index in [0.29, 0.717) is 4.90 Å². The van der Waals surface area contributed by atoms with Crippen LogP contribution in [0, 0.1) is 29.3 Å². The molecule has 0 fully saturated rings. The van der Waals surface area contributed by atoms with Crippen molar-refractivity contribution in [2.45, 2.75) is 4.90 Å². The Labute approximate surface area is 121 Å². The Balaban J connectivity index is 1.97. The Bertz CT molecular complexity index is 624. The third-order valence-corrected chi connectivity index (χ3v) is 3.55. The van der Waals surface area contributed by atoms with Crippen molar-refractivity contribution in [3.05, 3.63) is 53.6 Å². The molecular formula is C13H9F5N2S. The molecule has 0 atom stereocenters. The number of anilines is 1. The zero-order valence-electron chi connectivity index (χ0n) is 10.5. The van der Waals surface area contributed by atoms with Gasteiger partial charge in [0.25, 0.3) is 11.9 Å². The van der Waals surface area contributed by atoms with E-state index in [1.807, 2.05) is 0 Å². The number of hydrogen-bond acceptors (Lipinski definition) is 3. The molecule has 112 valence electrons. The molecule has 1 heterocycles. The molecule has 0 unspecified atom stereocenters. The van der Waals surface area contributed by atoms with Crippen LogP contribution in [0.2, 0.25) is 0 Å². The van der Waals surface area contributed by atoms with Gasteiger partial charge < -0.3 is 5.32 Å². The highest BCUT2D eigenvalue weighted by Gasteiger charge is 2.20. The van der Waals surface area contributed by atoms with Crippen LogP contribution in [0.1, 0.15) is 0 Å². The largest absolute Gasteiger partial charge is 0.379 e. The summed E-state index contributed by atoms with van der Waals surface area (Å²) in [6, 6.07) is 6.01. The van der Waals surface area contributed by atoms with Gasteiger partial charge in [-0.15, -0.1) is 11.8 Å². The number of aromatic nitrogens is 1. The van der Waals surface area contributed by atoms with Crippen LogP contribution < -0.4 is 5.32 Å². The van der Waals surface area contributed by atoms with Gasteiger partial charge in [0.2, 0.25) is 11.6 Å². The minimum Gasteiger partial charge on any atom is -0.379 e. The van der Waals surface area contributed by atoms with Crippen molar-refractivity contribution in [2.75, 3.05) is 17.6 Å². The van der Waals surface area contributed by atoms with E-state index >= 15 is 0 Å². The molecule has 0 saturated heterocycles. The smallest absolute Gasteiger partial charge is 0.253 e. The van der Waals surface area contributed by atoms with E-state index in [1.165, 1.54) is 12.1 Å². The van der Waals surface area contributed by atoms with E-state index in [0.717, 1.165) is 11.8 Å². The molecule has 0 amide bonds. The molecular weight excluding hydrogens is 311 g/mol. The number of rotatable bonds is 5. The number of halogens is 5. The molecule has 2 rings (SSSR count). The van der Waals surface area contributed by atoms with Crippen molar-refractivity contribution in [3.8, 4) is 0 Å². The van der Waals surface area contributed by atoms with Crippen molar-refractivity contribution in [1.29, 1.82) is 0 Å². The summed E-state index contributed by atoms with van der Waals surface area (Å²) in [7, 11) is 0. The first kappa shape index (κ1) is 15.6. The number of benzene rings is 1. The maximum atomic E-state index is 13.3. The third kappa shape index (κ3) is 3.63. The first-order valence-electron chi connectivity index (χ1n) is 5.82. The molecule has 0 aliphatic heterocycles. The first-order chi connectivity index (χ1) is 10.0. The van der Waals surface area contributed by atoms with Gasteiger partial charge in [-0.2, -0.15) is 22.5 Å². The number of nitrogens with zero attached hydrogens (tertiary/aromatic N) is 1. The van der Waals surface area contributed by atoms with E-state index in [1.54, 1.807) is 12.1 Å².